The number of nitrogens with one attached hydrogen (secondary N) is 1. The number of methoxy groups -OCH3 is 1. The van der Waals surface area contributed by atoms with Crippen LogP contribution in [0.4, 0.5) is 0 Å². The number of H-pyrrole nitrogens is 1. The first-order chi connectivity index (χ1) is 9.60. The Morgan fingerprint density at radius 2 is 2.00 bits per heavy atom. The van der Waals surface area contributed by atoms with Crippen molar-refractivity contribution in [3.8, 4) is 11.4 Å². The monoisotopic (exact) mass is 348 g/mol. The summed E-state index contributed by atoms with van der Waals surface area (Å²) < 4.78 is 8.87. The molecule has 0 saturated heterocycles. The lowest BCUT2D eigenvalue weighted by atomic mass is 10.2. The van der Waals surface area contributed by atoms with Crippen LogP contribution in [0.2, 0.25) is 0 Å². The third-order valence-corrected chi connectivity index (χ3v) is 4.14. The van der Waals surface area contributed by atoms with E-state index < -0.39 is 0 Å². The predicted octanol–water partition coefficient (Wildman–Crippen LogP) is 4.77. The van der Waals surface area contributed by atoms with Crippen LogP contribution in [0.1, 0.15) is 5.56 Å². The quantitative estimate of drug-likeness (QED) is 0.676. The number of aromatic amines is 1. The van der Waals surface area contributed by atoms with Crippen LogP contribution in [0.25, 0.3) is 16.7 Å². The van der Waals surface area contributed by atoms with Crippen molar-refractivity contribution in [1.82, 2.24) is 9.55 Å². The number of hydrogen-bond acceptors (Lipinski definition) is 2. The normalized spacial score (nSPS) is 10.9. The number of aromatic nitrogens is 2. The highest BCUT2D eigenvalue weighted by Gasteiger charge is 2.08. The lowest BCUT2D eigenvalue weighted by Crippen LogP contribution is -1.95. The van der Waals surface area contributed by atoms with E-state index in [0.29, 0.717) is 4.77 Å². The zero-order valence-corrected chi connectivity index (χ0v) is 13.5. The summed E-state index contributed by atoms with van der Waals surface area (Å²) in [5.74, 6) is 0.802. The Morgan fingerprint density at radius 3 is 2.70 bits per heavy atom. The lowest BCUT2D eigenvalue weighted by molar-refractivity contribution is 0.412. The van der Waals surface area contributed by atoms with Crippen molar-refractivity contribution in [3.63, 3.8) is 0 Å². The minimum absolute atomic E-state index is 0.683. The van der Waals surface area contributed by atoms with Gasteiger partial charge in [-0.1, -0.05) is 6.07 Å². The van der Waals surface area contributed by atoms with E-state index >= 15 is 0 Å². The molecule has 5 heteroatoms. The summed E-state index contributed by atoms with van der Waals surface area (Å²) in [7, 11) is 1.65. The second-order valence-electron chi connectivity index (χ2n) is 4.61. The highest BCUT2D eigenvalue weighted by Crippen LogP contribution is 2.29. The number of halogens is 1. The molecular formula is C15H13BrN2OS. The first-order valence-corrected chi connectivity index (χ1v) is 7.35. The molecule has 3 rings (SSSR count). The van der Waals surface area contributed by atoms with Crippen molar-refractivity contribution >= 4 is 39.2 Å². The van der Waals surface area contributed by atoms with E-state index in [1.807, 2.05) is 22.8 Å². The van der Waals surface area contributed by atoms with E-state index in [2.05, 4.69) is 46.0 Å². The smallest absolute Gasteiger partial charge is 0.182 e. The molecule has 0 radical (unpaired) electrons. The Kier molecular flexibility index (Phi) is 3.40. The third-order valence-electron chi connectivity index (χ3n) is 3.23. The van der Waals surface area contributed by atoms with Crippen LogP contribution < -0.4 is 4.74 Å². The van der Waals surface area contributed by atoms with Crippen LogP contribution >= 0.6 is 28.1 Å². The van der Waals surface area contributed by atoms with Gasteiger partial charge in [0.25, 0.3) is 0 Å². The number of ether oxygens (including phenoxy) is 1. The van der Waals surface area contributed by atoms with Gasteiger partial charge in [-0.25, -0.2) is 0 Å². The molecule has 1 heterocycles. The summed E-state index contributed by atoms with van der Waals surface area (Å²) in [5.41, 5.74) is 4.31. The molecule has 3 nitrogen and oxygen atoms in total. The van der Waals surface area contributed by atoms with Crippen LogP contribution in [0.3, 0.4) is 0 Å². The van der Waals surface area contributed by atoms with Gasteiger partial charge in [0, 0.05) is 5.69 Å². The molecule has 0 saturated carbocycles. The maximum atomic E-state index is 5.44. The number of aryl methyl sites for hydroxylation is 1. The second-order valence-corrected chi connectivity index (χ2v) is 5.85. The van der Waals surface area contributed by atoms with E-state index in [0.717, 1.165) is 26.9 Å². The molecule has 0 aliphatic rings. The Labute approximate surface area is 130 Å². The molecule has 1 N–H and O–H groups in total. The van der Waals surface area contributed by atoms with Gasteiger partial charge in [0.2, 0.25) is 0 Å². The molecule has 0 fully saturated rings. The molecule has 0 aliphatic heterocycles. The second kappa shape index (κ2) is 5.07. The molecule has 0 unspecified atom stereocenters. The molecule has 102 valence electrons. The van der Waals surface area contributed by atoms with Crippen molar-refractivity contribution in [2.24, 2.45) is 0 Å². The number of benzene rings is 2. The third kappa shape index (κ3) is 2.17. The Morgan fingerprint density at radius 1 is 1.20 bits per heavy atom. The molecule has 0 atom stereocenters. The summed E-state index contributed by atoms with van der Waals surface area (Å²) in [6.45, 7) is 2.07. The van der Waals surface area contributed by atoms with Gasteiger partial charge in [-0.15, -0.1) is 0 Å². The molecule has 1 aromatic heterocycles. The molecule has 0 bridgehead atoms. The summed E-state index contributed by atoms with van der Waals surface area (Å²) in [6, 6.07) is 12.2. The number of nitrogens with zero attached hydrogens (tertiary/aromatic N) is 1. The van der Waals surface area contributed by atoms with Gasteiger partial charge in [0.15, 0.2) is 4.77 Å². The fraction of sp³-hybridized carbons (Fsp3) is 0.133. The highest BCUT2D eigenvalue weighted by molar-refractivity contribution is 9.10. The van der Waals surface area contributed by atoms with Crippen LogP contribution in [0.15, 0.2) is 40.9 Å². The molecular weight excluding hydrogens is 336 g/mol. The maximum Gasteiger partial charge on any atom is 0.182 e. The molecule has 0 spiro atoms. The van der Waals surface area contributed by atoms with E-state index in [1.54, 1.807) is 7.11 Å². The van der Waals surface area contributed by atoms with Crippen LogP contribution in [-0.4, -0.2) is 16.7 Å². The largest absolute Gasteiger partial charge is 0.496 e. The average Bonchev–Trinajstić information content (AvgIpc) is 2.73. The molecule has 2 aromatic carbocycles. The Balaban J connectivity index is 2.26. The van der Waals surface area contributed by atoms with Crippen LogP contribution in [0, 0.1) is 11.7 Å². The van der Waals surface area contributed by atoms with E-state index in [4.69, 9.17) is 17.0 Å². The van der Waals surface area contributed by atoms with Crippen LogP contribution in [-0.2, 0) is 0 Å². The Bertz CT molecular complexity index is 851. The zero-order chi connectivity index (χ0) is 14.3. The summed E-state index contributed by atoms with van der Waals surface area (Å²) >= 11 is 8.95. The lowest BCUT2D eigenvalue weighted by Gasteiger charge is -2.08. The van der Waals surface area contributed by atoms with Gasteiger partial charge in [-0.3, -0.25) is 4.57 Å². The van der Waals surface area contributed by atoms with Crippen molar-refractivity contribution in [2.45, 2.75) is 6.92 Å². The van der Waals surface area contributed by atoms with Crippen molar-refractivity contribution in [2.75, 3.05) is 7.11 Å². The number of imidazole rings is 1. The van der Waals surface area contributed by atoms with Crippen molar-refractivity contribution in [1.29, 1.82) is 0 Å². The fourth-order valence-electron chi connectivity index (χ4n) is 2.28. The standard InChI is InChI=1S/C15H13BrN2OS/c1-9-3-5-13-12(7-9)17-15(20)18(13)10-4-6-14(19-2)11(16)8-10/h3-8H,1-2H3,(H,17,20). The Hall–Kier alpha value is -1.59. The molecule has 3 aromatic rings. The van der Waals surface area contributed by atoms with Gasteiger partial charge in [-0.2, -0.15) is 0 Å². The van der Waals surface area contributed by atoms with Gasteiger partial charge < -0.3 is 9.72 Å². The van der Waals surface area contributed by atoms with Crippen molar-refractivity contribution < 1.29 is 4.74 Å². The van der Waals surface area contributed by atoms with Gasteiger partial charge in [-0.05, 0) is 71.0 Å². The first kappa shape index (κ1) is 13.4. The predicted molar refractivity (Wildman–Crippen MR) is 87.4 cm³/mol. The zero-order valence-electron chi connectivity index (χ0n) is 11.1. The molecule has 0 amide bonds. The number of fused-ring (bicyclic) bond motifs is 1. The SMILES string of the molecule is COc1ccc(-n2c(=S)[nH]c3cc(C)ccc32)cc1Br. The molecule has 0 aliphatic carbocycles. The fourth-order valence-corrected chi connectivity index (χ4v) is 3.12. The maximum absolute atomic E-state index is 5.44. The summed E-state index contributed by atoms with van der Waals surface area (Å²) in [6.07, 6.45) is 0. The van der Waals surface area contributed by atoms with Gasteiger partial charge >= 0.3 is 0 Å². The van der Waals surface area contributed by atoms with E-state index in [1.165, 1.54) is 5.56 Å². The van der Waals surface area contributed by atoms with Crippen LogP contribution in [0.5, 0.6) is 5.75 Å². The van der Waals surface area contributed by atoms with Crippen molar-refractivity contribution in [3.05, 3.63) is 51.2 Å². The minimum atomic E-state index is 0.683. The number of rotatable bonds is 2. The summed E-state index contributed by atoms with van der Waals surface area (Å²) in [5, 5.41) is 0. The van der Waals surface area contributed by atoms with Gasteiger partial charge in [0.1, 0.15) is 5.75 Å². The first-order valence-electron chi connectivity index (χ1n) is 6.15. The minimum Gasteiger partial charge on any atom is -0.496 e. The van der Waals surface area contributed by atoms with Gasteiger partial charge in [0.05, 0.1) is 22.6 Å². The topological polar surface area (TPSA) is 29.9 Å². The molecule has 20 heavy (non-hydrogen) atoms. The average molecular weight is 349 g/mol. The van der Waals surface area contributed by atoms with E-state index in [-0.39, 0.29) is 0 Å². The summed E-state index contributed by atoms with van der Waals surface area (Å²) in [4.78, 5) is 3.25. The highest BCUT2D eigenvalue weighted by atomic mass is 79.9. The van der Waals surface area contributed by atoms with E-state index in [9.17, 15) is 0 Å². The number of hydrogen-bond donors (Lipinski definition) is 1.